The summed E-state index contributed by atoms with van der Waals surface area (Å²) in [6.45, 7) is 1.41. The number of hydrogen-bond acceptors (Lipinski definition) is 3. The number of halogens is 2. The Morgan fingerprint density at radius 2 is 1.78 bits per heavy atom. The molecule has 118 valence electrons. The van der Waals surface area contributed by atoms with Gasteiger partial charge in [0.2, 0.25) is 5.91 Å². The molecular formula is C17H13Br2NO3. The number of benzene rings is 2. The van der Waals surface area contributed by atoms with Crippen molar-refractivity contribution < 1.29 is 14.7 Å². The van der Waals surface area contributed by atoms with Crippen molar-refractivity contribution in [1.82, 2.24) is 0 Å². The highest BCUT2D eigenvalue weighted by Gasteiger charge is 2.06. The predicted molar refractivity (Wildman–Crippen MR) is 97.6 cm³/mol. The molecular weight excluding hydrogens is 426 g/mol. The number of aromatic hydroxyl groups is 1. The fourth-order valence-electron chi connectivity index (χ4n) is 1.90. The van der Waals surface area contributed by atoms with Gasteiger partial charge >= 0.3 is 0 Å². The van der Waals surface area contributed by atoms with Gasteiger partial charge < -0.3 is 10.4 Å². The summed E-state index contributed by atoms with van der Waals surface area (Å²) >= 11 is 6.48. The largest absolute Gasteiger partial charge is 0.506 e. The quantitative estimate of drug-likeness (QED) is 0.533. The van der Waals surface area contributed by atoms with E-state index in [1.54, 1.807) is 42.5 Å². The molecule has 0 aliphatic rings. The number of anilines is 1. The van der Waals surface area contributed by atoms with Crippen molar-refractivity contribution in [2.45, 2.75) is 6.92 Å². The first-order chi connectivity index (χ1) is 10.9. The van der Waals surface area contributed by atoms with Crippen LogP contribution >= 0.6 is 31.9 Å². The molecule has 4 nitrogen and oxygen atoms in total. The fraction of sp³-hybridized carbons (Fsp3) is 0.0588. The number of nitrogens with one attached hydrogen (secondary N) is 1. The molecule has 2 aromatic rings. The van der Waals surface area contributed by atoms with Crippen LogP contribution in [-0.4, -0.2) is 16.8 Å². The summed E-state index contributed by atoms with van der Waals surface area (Å²) in [5, 5.41) is 12.3. The predicted octanol–water partition coefficient (Wildman–Crippen LogP) is 4.77. The van der Waals surface area contributed by atoms with E-state index in [2.05, 4.69) is 37.2 Å². The van der Waals surface area contributed by atoms with Gasteiger partial charge in [-0.15, -0.1) is 0 Å². The number of allylic oxidation sites excluding steroid dienone is 1. The second kappa shape index (κ2) is 7.57. The molecule has 1 amide bonds. The van der Waals surface area contributed by atoms with Crippen molar-refractivity contribution >= 4 is 55.3 Å². The van der Waals surface area contributed by atoms with E-state index in [4.69, 9.17) is 0 Å². The molecule has 2 rings (SSSR count). The van der Waals surface area contributed by atoms with Gasteiger partial charge in [0.15, 0.2) is 5.78 Å². The monoisotopic (exact) mass is 437 g/mol. The maximum Gasteiger partial charge on any atom is 0.221 e. The summed E-state index contributed by atoms with van der Waals surface area (Å²) in [4.78, 5) is 23.3. The number of ketones is 1. The Morgan fingerprint density at radius 3 is 2.39 bits per heavy atom. The molecule has 2 aromatic carbocycles. The van der Waals surface area contributed by atoms with Gasteiger partial charge in [0.25, 0.3) is 0 Å². The molecule has 2 N–H and O–H groups in total. The van der Waals surface area contributed by atoms with E-state index in [1.165, 1.54) is 13.0 Å². The molecule has 0 aliphatic heterocycles. The van der Waals surface area contributed by atoms with Crippen LogP contribution in [0.5, 0.6) is 5.75 Å². The lowest BCUT2D eigenvalue weighted by Gasteiger charge is -2.04. The first-order valence-electron chi connectivity index (χ1n) is 6.65. The van der Waals surface area contributed by atoms with Crippen LogP contribution in [0, 0.1) is 0 Å². The van der Waals surface area contributed by atoms with Gasteiger partial charge in [0.05, 0.1) is 8.95 Å². The summed E-state index contributed by atoms with van der Waals surface area (Å²) in [7, 11) is 0. The third-order valence-corrected chi connectivity index (χ3v) is 4.14. The van der Waals surface area contributed by atoms with E-state index in [1.807, 2.05) is 0 Å². The number of amides is 1. The molecule has 0 saturated heterocycles. The fourth-order valence-corrected chi connectivity index (χ4v) is 3.12. The molecule has 0 spiro atoms. The van der Waals surface area contributed by atoms with Gasteiger partial charge in [-0.1, -0.05) is 18.2 Å². The minimum absolute atomic E-state index is 0.108. The van der Waals surface area contributed by atoms with Gasteiger partial charge in [0.1, 0.15) is 5.75 Å². The van der Waals surface area contributed by atoms with E-state index in [-0.39, 0.29) is 17.4 Å². The number of hydrogen-bond donors (Lipinski definition) is 2. The Kier molecular flexibility index (Phi) is 5.74. The summed E-state index contributed by atoms with van der Waals surface area (Å²) in [5.41, 5.74) is 1.81. The molecule has 0 bridgehead atoms. The number of phenolic OH excluding ortho intramolecular Hbond substituents is 1. The normalized spacial score (nSPS) is 10.7. The summed E-state index contributed by atoms with van der Waals surface area (Å²) in [5.74, 6) is -0.266. The summed E-state index contributed by atoms with van der Waals surface area (Å²) in [6, 6.07) is 10.1. The maximum atomic E-state index is 12.2. The molecule has 0 heterocycles. The van der Waals surface area contributed by atoms with E-state index >= 15 is 0 Å². The number of carbonyl (C=O) groups is 2. The van der Waals surface area contributed by atoms with E-state index < -0.39 is 0 Å². The van der Waals surface area contributed by atoms with Gasteiger partial charge in [-0.2, -0.15) is 0 Å². The molecule has 0 unspecified atom stereocenters. The molecule has 0 aliphatic carbocycles. The second-order valence-electron chi connectivity index (χ2n) is 4.79. The number of carbonyl (C=O) groups excluding carboxylic acids is 2. The summed E-state index contributed by atoms with van der Waals surface area (Å²) in [6.07, 6.45) is 3.10. The van der Waals surface area contributed by atoms with Crippen LogP contribution in [0.15, 0.2) is 51.4 Å². The van der Waals surface area contributed by atoms with Crippen molar-refractivity contribution in [3.05, 3.63) is 62.5 Å². The maximum absolute atomic E-state index is 12.2. The van der Waals surface area contributed by atoms with Crippen LogP contribution in [-0.2, 0) is 4.79 Å². The van der Waals surface area contributed by atoms with Gasteiger partial charge in [-0.3, -0.25) is 9.59 Å². The lowest BCUT2D eigenvalue weighted by atomic mass is 10.1. The van der Waals surface area contributed by atoms with Gasteiger partial charge in [-0.25, -0.2) is 0 Å². The van der Waals surface area contributed by atoms with E-state index in [0.717, 1.165) is 5.56 Å². The van der Waals surface area contributed by atoms with Crippen LogP contribution in [0.1, 0.15) is 22.8 Å². The molecule has 0 aromatic heterocycles. The standard InChI is InChI=1S/C17H13Br2NO3/c1-10(21)20-13-4-2-3-12(9-13)16(22)6-5-11-7-14(18)17(23)15(19)8-11/h2-9,23H,1H3,(H,20,21)/b6-5+. The third-order valence-electron chi connectivity index (χ3n) is 2.93. The average Bonchev–Trinajstić information content (AvgIpc) is 2.49. The highest BCUT2D eigenvalue weighted by Crippen LogP contribution is 2.33. The summed E-state index contributed by atoms with van der Waals surface area (Å²) < 4.78 is 1.07. The highest BCUT2D eigenvalue weighted by molar-refractivity contribution is 9.11. The smallest absolute Gasteiger partial charge is 0.221 e. The Bertz CT molecular complexity index is 777. The molecule has 6 heteroatoms. The van der Waals surface area contributed by atoms with Crippen LogP contribution in [0.3, 0.4) is 0 Å². The van der Waals surface area contributed by atoms with Crippen molar-refractivity contribution in [2.24, 2.45) is 0 Å². The van der Waals surface area contributed by atoms with Crippen molar-refractivity contribution in [2.75, 3.05) is 5.32 Å². The Morgan fingerprint density at radius 1 is 1.13 bits per heavy atom. The first-order valence-corrected chi connectivity index (χ1v) is 8.23. The van der Waals surface area contributed by atoms with Crippen LogP contribution in [0.25, 0.3) is 6.08 Å². The molecule has 23 heavy (non-hydrogen) atoms. The van der Waals surface area contributed by atoms with E-state index in [9.17, 15) is 14.7 Å². The van der Waals surface area contributed by atoms with Gasteiger partial charge in [-0.05, 0) is 67.8 Å². The Labute approximate surface area is 150 Å². The minimum Gasteiger partial charge on any atom is -0.506 e. The molecule has 0 radical (unpaired) electrons. The average molecular weight is 439 g/mol. The number of phenols is 1. The van der Waals surface area contributed by atoms with Gasteiger partial charge in [0, 0.05) is 18.2 Å². The SMILES string of the molecule is CC(=O)Nc1cccc(C(=O)/C=C/c2cc(Br)c(O)c(Br)c2)c1. The molecule has 0 atom stereocenters. The minimum atomic E-state index is -0.191. The zero-order chi connectivity index (χ0) is 17.0. The van der Waals surface area contributed by atoms with Crippen LogP contribution in [0.2, 0.25) is 0 Å². The zero-order valence-electron chi connectivity index (χ0n) is 12.1. The highest BCUT2D eigenvalue weighted by atomic mass is 79.9. The lowest BCUT2D eigenvalue weighted by Crippen LogP contribution is -2.06. The van der Waals surface area contributed by atoms with Crippen molar-refractivity contribution in [3.8, 4) is 5.75 Å². The van der Waals surface area contributed by atoms with E-state index in [0.29, 0.717) is 20.2 Å². The second-order valence-corrected chi connectivity index (χ2v) is 6.50. The zero-order valence-corrected chi connectivity index (χ0v) is 15.3. The Balaban J connectivity index is 2.20. The lowest BCUT2D eigenvalue weighted by molar-refractivity contribution is -0.114. The first kappa shape index (κ1) is 17.4. The third kappa shape index (κ3) is 4.77. The van der Waals surface area contributed by atoms with Crippen LogP contribution < -0.4 is 5.32 Å². The van der Waals surface area contributed by atoms with Crippen LogP contribution in [0.4, 0.5) is 5.69 Å². The Hall–Kier alpha value is -1.92. The van der Waals surface area contributed by atoms with Crippen molar-refractivity contribution in [1.29, 1.82) is 0 Å². The topological polar surface area (TPSA) is 66.4 Å². The molecule has 0 fully saturated rings. The molecule has 0 saturated carbocycles. The number of rotatable bonds is 4. The van der Waals surface area contributed by atoms with Crippen molar-refractivity contribution in [3.63, 3.8) is 0 Å².